The summed E-state index contributed by atoms with van der Waals surface area (Å²) in [5.74, 6) is -1.69. The third-order valence-electron chi connectivity index (χ3n) is 13.2. The minimum Gasteiger partial charge on any atom is -0.463 e. The Morgan fingerprint density at radius 3 is 0.967 bits per heavy atom. The molecular weight excluding hydrogens is 1190 g/mol. The summed E-state index contributed by atoms with van der Waals surface area (Å²) in [7, 11) is -9.81. The zero-order chi connectivity index (χ0) is 66.7. The van der Waals surface area contributed by atoms with Gasteiger partial charge in [-0.2, -0.15) is 0 Å². The largest absolute Gasteiger partial charge is 0.472 e. The van der Waals surface area contributed by atoms with Crippen LogP contribution in [-0.4, -0.2) is 95.9 Å². The summed E-state index contributed by atoms with van der Waals surface area (Å²) >= 11 is 0. The summed E-state index contributed by atoms with van der Waals surface area (Å²) in [5.41, 5.74) is 0. The molecule has 0 aromatic carbocycles. The zero-order valence-corrected chi connectivity index (χ0v) is 57.5. The van der Waals surface area contributed by atoms with Crippen molar-refractivity contribution in [1.82, 2.24) is 0 Å². The van der Waals surface area contributed by atoms with Crippen LogP contribution in [0.5, 0.6) is 0 Å². The number of phosphoric ester groups is 2. The first-order valence-corrected chi connectivity index (χ1v) is 36.8. The number of hydrogen-bond donors (Lipinski definition) is 4. The van der Waals surface area contributed by atoms with E-state index in [9.17, 15) is 43.5 Å². The molecule has 16 nitrogen and oxygen atoms in total. The topological polar surface area (TPSA) is 231 Å². The maximum Gasteiger partial charge on any atom is 0.472 e. The van der Waals surface area contributed by atoms with Crippen LogP contribution in [0, 0.1) is 0 Å². The Balaban J connectivity index is 4.65. The highest BCUT2D eigenvalue weighted by atomic mass is 31.2. The van der Waals surface area contributed by atoms with Crippen molar-refractivity contribution < 1.29 is 75.8 Å². The maximum atomic E-state index is 12.9. The minimum atomic E-state index is -4.94. The van der Waals surface area contributed by atoms with E-state index in [1.807, 2.05) is 12.2 Å². The van der Waals surface area contributed by atoms with Crippen LogP contribution in [0.3, 0.4) is 0 Å². The third kappa shape index (κ3) is 66.4. The van der Waals surface area contributed by atoms with E-state index in [1.54, 1.807) is 0 Å². The summed E-state index contributed by atoms with van der Waals surface area (Å²) in [6.45, 7) is 2.23. The Morgan fingerprint density at radius 1 is 0.319 bits per heavy atom. The highest BCUT2D eigenvalue weighted by molar-refractivity contribution is 7.47. The average Bonchev–Trinajstić information content (AvgIpc) is 3.75. The molecule has 0 aliphatic heterocycles. The molecule has 5 atom stereocenters. The fourth-order valence-electron chi connectivity index (χ4n) is 8.12. The number of aliphatic hydroxyl groups is 2. The number of phosphoric acid groups is 2. The smallest absolute Gasteiger partial charge is 0.463 e. The van der Waals surface area contributed by atoms with Gasteiger partial charge in [0.15, 0.2) is 6.10 Å². The molecule has 5 unspecified atom stereocenters. The van der Waals surface area contributed by atoms with Gasteiger partial charge in [-0.15, -0.1) is 0 Å². The lowest BCUT2D eigenvalue weighted by molar-refractivity contribution is -0.161. The third-order valence-corrected chi connectivity index (χ3v) is 15.1. The quantitative estimate of drug-likeness (QED) is 0.0146. The number of rotatable bonds is 62. The number of aliphatic hydroxyl groups excluding tert-OH is 2. The molecule has 0 aromatic rings. The fraction of sp³-hybridized carbons (Fsp3) is 0.603. The first-order chi connectivity index (χ1) is 44.2. The van der Waals surface area contributed by atoms with Gasteiger partial charge >= 0.3 is 33.6 Å². The van der Waals surface area contributed by atoms with Gasteiger partial charge in [-0.25, -0.2) is 9.13 Å². The van der Waals surface area contributed by atoms with Crippen LogP contribution >= 0.6 is 15.6 Å². The van der Waals surface area contributed by atoms with E-state index < -0.39 is 91.5 Å². The number of esters is 3. The molecule has 0 saturated heterocycles. The summed E-state index contributed by atoms with van der Waals surface area (Å²) in [4.78, 5) is 58.3. The van der Waals surface area contributed by atoms with E-state index in [0.29, 0.717) is 25.7 Å². The second-order valence-electron chi connectivity index (χ2n) is 21.9. The molecule has 18 heteroatoms. The molecule has 516 valence electrons. The van der Waals surface area contributed by atoms with Crippen molar-refractivity contribution in [2.24, 2.45) is 0 Å². The molecular formula is C73H118O16P2. The van der Waals surface area contributed by atoms with Gasteiger partial charge in [0, 0.05) is 19.3 Å². The van der Waals surface area contributed by atoms with Gasteiger partial charge in [0.25, 0.3) is 0 Å². The van der Waals surface area contributed by atoms with Crippen LogP contribution in [0.2, 0.25) is 0 Å². The number of allylic oxidation sites excluding steroid dienone is 26. The van der Waals surface area contributed by atoms with Gasteiger partial charge in [0.1, 0.15) is 25.4 Å². The van der Waals surface area contributed by atoms with Crippen LogP contribution in [0.4, 0.5) is 0 Å². The van der Waals surface area contributed by atoms with Gasteiger partial charge < -0.3 is 34.2 Å². The monoisotopic (exact) mass is 1310 g/mol. The Labute approximate surface area is 549 Å². The Bertz CT molecular complexity index is 2290. The summed E-state index contributed by atoms with van der Waals surface area (Å²) in [5, 5.41) is 20.5. The van der Waals surface area contributed by atoms with Gasteiger partial charge in [-0.3, -0.25) is 32.5 Å². The van der Waals surface area contributed by atoms with Crippen molar-refractivity contribution in [2.45, 2.75) is 245 Å². The van der Waals surface area contributed by atoms with Gasteiger partial charge in [0.2, 0.25) is 0 Å². The van der Waals surface area contributed by atoms with Crippen molar-refractivity contribution in [1.29, 1.82) is 0 Å². The lowest BCUT2D eigenvalue weighted by Crippen LogP contribution is -2.30. The number of carbonyl (C=O) groups excluding carboxylic acids is 3. The molecule has 0 amide bonds. The molecule has 0 aliphatic rings. The lowest BCUT2D eigenvalue weighted by atomic mass is 10.1. The predicted octanol–water partition coefficient (Wildman–Crippen LogP) is 18.7. The van der Waals surface area contributed by atoms with Crippen LogP contribution in [0.1, 0.15) is 226 Å². The van der Waals surface area contributed by atoms with Crippen LogP contribution in [-0.2, 0) is 55.8 Å². The molecule has 0 spiro atoms. The van der Waals surface area contributed by atoms with E-state index in [-0.39, 0.29) is 19.3 Å². The average molecular weight is 1310 g/mol. The van der Waals surface area contributed by atoms with Crippen LogP contribution < -0.4 is 0 Å². The first-order valence-electron chi connectivity index (χ1n) is 33.8. The second kappa shape index (κ2) is 65.2. The van der Waals surface area contributed by atoms with E-state index in [4.69, 9.17) is 32.3 Å². The predicted molar refractivity (Wildman–Crippen MR) is 371 cm³/mol. The van der Waals surface area contributed by atoms with Gasteiger partial charge in [-0.1, -0.05) is 230 Å². The van der Waals surface area contributed by atoms with Crippen molar-refractivity contribution in [3.63, 3.8) is 0 Å². The number of unbranched alkanes of at least 4 members (excludes halogenated alkanes) is 13. The van der Waals surface area contributed by atoms with E-state index >= 15 is 0 Å². The molecule has 0 saturated carbocycles. The molecule has 4 N–H and O–H groups in total. The summed E-state index contributed by atoms with van der Waals surface area (Å²) < 4.78 is 60.7. The van der Waals surface area contributed by atoms with Gasteiger partial charge in [-0.05, 0) is 135 Å². The van der Waals surface area contributed by atoms with Crippen LogP contribution in [0.25, 0.3) is 0 Å². The Hall–Kier alpha value is -4.83. The molecule has 0 rings (SSSR count). The zero-order valence-electron chi connectivity index (χ0n) is 55.7. The van der Waals surface area contributed by atoms with E-state index in [2.05, 4.69) is 167 Å². The number of ether oxygens (including phenoxy) is 3. The molecule has 0 fully saturated rings. The van der Waals surface area contributed by atoms with Crippen molar-refractivity contribution in [2.75, 3.05) is 39.6 Å². The second-order valence-corrected chi connectivity index (χ2v) is 24.8. The standard InChI is InChI=1S/C73H118O16P2/c1-4-7-10-13-16-19-22-25-27-29-30-31-32-33-34-35-36-38-40-42-44-47-50-53-56-59-71(76)83-62-68(74)63-85-90(79,80)86-64-69(75)65-87-91(81,82)88-67-70(89-73(78)61-58-55-52-49-46-41-24-21-18-15-12-9-6-3)66-84-72(77)60-57-54-51-48-45-43-39-37-28-26-23-20-17-14-11-8-5-2/h7-8,10-12,15-17,19-21,24-28,30-31,33-34,36,38-39,43,48,51,68-70,74-75H,4-6,9,13-14,18,22-23,29,32,35,37,40-42,44-47,49-50,52-67H2,1-3H3,(H,79,80)(H,81,82)/b10-7-,11-8-,15-12-,19-16-,20-17-,24-21-,27-25-,28-26-,31-30-,34-33-,38-36-,43-39-,51-48-. The van der Waals surface area contributed by atoms with Crippen LogP contribution in [0.15, 0.2) is 158 Å². The lowest BCUT2D eigenvalue weighted by Gasteiger charge is -2.21. The minimum absolute atomic E-state index is 0.0702. The molecule has 0 heterocycles. The van der Waals surface area contributed by atoms with Crippen molar-refractivity contribution in [3.05, 3.63) is 158 Å². The molecule has 0 bridgehead atoms. The first kappa shape index (κ1) is 86.2. The molecule has 0 radical (unpaired) electrons. The Kier molecular flexibility index (Phi) is 61.8. The molecule has 91 heavy (non-hydrogen) atoms. The molecule has 0 aliphatic carbocycles. The Morgan fingerprint density at radius 2 is 0.593 bits per heavy atom. The number of hydrogen-bond acceptors (Lipinski definition) is 14. The normalized spacial score (nSPS) is 15.2. The highest BCUT2D eigenvalue weighted by Crippen LogP contribution is 2.45. The van der Waals surface area contributed by atoms with Crippen molar-refractivity contribution >= 4 is 33.6 Å². The highest BCUT2D eigenvalue weighted by Gasteiger charge is 2.29. The summed E-state index contributed by atoms with van der Waals surface area (Å²) in [6, 6.07) is 0. The van der Waals surface area contributed by atoms with E-state index in [1.165, 1.54) is 0 Å². The SMILES string of the molecule is CC/C=C\C/C=C\C/C=C\C/C=C\C/C=C\C/C=C\CCCCCCCCC(=O)OCC(O)COP(=O)(O)OCC(O)COP(=O)(O)OCC(COC(=O)CCC/C=C\C/C=C\C/C=C\C/C=C\C/C=C\CC)OC(=O)CCCCCCC/C=C\C/C=C\CCC. The van der Waals surface area contributed by atoms with E-state index in [0.717, 1.165) is 161 Å². The fourth-order valence-corrected chi connectivity index (χ4v) is 9.70. The summed E-state index contributed by atoms with van der Waals surface area (Å²) in [6.07, 6.45) is 78.8. The van der Waals surface area contributed by atoms with Crippen molar-refractivity contribution in [3.8, 4) is 0 Å². The molecule has 0 aromatic heterocycles. The maximum absolute atomic E-state index is 12.9. The van der Waals surface area contributed by atoms with Gasteiger partial charge in [0.05, 0.1) is 26.4 Å². The number of carbonyl (C=O) groups is 3.